The highest BCUT2D eigenvalue weighted by atomic mass is 19.1. The van der Waals surface area contributed by atoms with Crippen LogP contribution in [0.1, 0.15) is 44.2 Å². The van der Waals surface area contributed by atoms with Gasteiger partial charge in [0.2, 0.25) is 0 Å². The van der Waals surface area contributed by atoms with Gasteiger partial charge in [0.25, 0.3) is 5.88 Å². The van der Waals surface area contributed by atoms with Crippen molar-refractivity contribution in [1.29, 1.82) is 0 Å². The van der Waals surface area contributed by atoms with Gasteiger partial charge in [-0.05, 0) is 51.2 Å². The van der Waals surface area contributed by atoms with E-state index in [1.165, 1.54) is 0 Å². The number of nitrogens with zero attached hydrogens (tertiary/aromatic N) is 6. The van der Waals surface area contributed by atoms with E-state index in [0.717, 1.165) is 60.2 Å². The van der Waals surface area contributed by atoms with Gasteiger partial charge in [0.15, 0.2) is 5.82 Å². The van der Waals surface area contributed by atoms with Crippen molar-refractivity contribution >= 4 is 16.7 Å². The van der Waals surface area contributed by atoms with Crippen molar-refractivity contribution < 1.29 is 9.13 Å². The number of pyridine rings is 2. The van der Waals surface area contributed by atoms with Crippen molar-refractivity contribution in [3.8, 4) is 17.1 Å². The molecular formula is C24H28FN7O. The number of rotatable bonds is 6. The van der Waals surface area contributed by atoms with E-state index in [2.05, 4.69) is 38.1 Å². The van der Waals surface area contributed by atoms with E-state index >= 15 is 0 Å². The molecule has 9 heteroatoms. The van der Waals surface area contributed by atoms with Gasteiger partial charge in [-0.25, -0.2) is 14.4 Å². The maximum atomic E-state index is 14.3. The fourth-order valence-electron chi connectivity index (χ4n) is 4.51. The highest BCUT2D eigenvalue weighted by Gasteiger charge is 2.28. The first-order chi connectivity index (χ1) is 16.0. The summed E-state index contributed by atoms with van der Waals surface area (Å²) in [5, 5.41) is 13.6. The lowest BCUT2D eigenvalue weighted by Crippen LogP contribution is -2.27. The molecule has 0 bridgehead atoms. The minimum absolute atomic E-state index is 0.0522. The van der Waals surface area contributed by atoms with E-state index in [1.807, 2.05) is 25.6 Å². The molecule has 4 heterocycles. The molecule has 33 heavy (non-hydrogen) atoms. The second-order valence-electron chi connectivity index (χ2n) is 8.61. The average Bonchev–Trinajstić information content (AvgIpc) is 3.41. The molecule has 1 fully saturated rings. The van der Waals surface area contributed by atoms with E-state index in [0.29, 0.717) is 5.56 Å². The topological polar surface area (TPSA) is 82.7 Å². The Morgan fingerprint density at radius 3 is 2.73 bits per heavy atom. The van der Waals surface area contributed by atoms with Crippen LogP contribution < -0.4 is 10.1 Å². The minimum atomic E-state index is -0.373. The summed E-state index contributed by atoms with van der Waals surface area (Å²) in [7, 11) is 1.90. The van der Waals surface area contributed by atoms with Crippen molar-refractivity contribution in [3.05, 3.63) is 48.3 Å². The lowest BCUT2D eigenvalue weighted by atomic mass is 9.93. The molecule has 0 aromatic carbocycles. The molecule has 5 rings (SSSR count). The van der Waals surface area contributed by atoms with E-state index in [4.69, 9.17) is 9.84 Å². The third-order valence-corrected chi connectivity index (χ3v) is 6.25. The second-order valence-corrected chi connectivity index (χ2v) is 8.61. The lowest BCUT2D eigenvalue weighted by Gasteiger charge is -2.29. The minimum Gasteiger partial charge on any atom is -0.472 e. The van der Waals surface area contributed by atoms with Gasteiger partial charge >= 0.3 is 0 Å². The summed E-state index contributed by atoms with van der Waals surface area (Å²) in [5.41, 5.74) is 3.45. The van der Waals surface area contributed by atoms with Crippen LogP contribution >= 0.6 is 0 Å². The van der Waals surface area contributed by atoms with Crippen molar-refractivity contribution in [2.75, 3.05) is 11.9 Å². The maximum absolute atomic E-state index is 14.3. The maximum Gasteiger partial charge on any atom is 0.250 e. The van der Waals surface area contributed by atoms with Crippen molar-refractivity contribution in [2.24, 2.45) is 7.05 Å². The third-order valence-electron chi connectivity index (χ3n) is 6.25. The number of halogens is 1. The predicted molar refractivity (Wildman–Crippen MR) is 125 cm³/mol. The number of fused-ring (bicyclic) bond motifs is 1. The zero-order chi connectivity index (χ0) is 22.9. The Morgan fingerprint density at radius 2 is 2.00 bits per heavy atom. The Morgan fingerprint density at radius 1 is 1.18 bits per heavy atom. The number of aryl methyl sites for hydroxylation is 2. The summed E-state index contributed by atoms with van der Waals surface area (Å²) in [6.07, 6.45) is 10.6. The number of hydrogen-bond acceptors (Lipinski definition) is 6. The largest absolute Gasteiger partial charge is 0.472 e. The lowest BCUT2D eigenvalue weighted by molar-refractivity contribution is 0.120. The Bertz CT molecular complexity index is 1270. The summed E-state index contributed by atoms with van der Waals surface area (Å²) < 4.78 is 24.1. The molecule has 1 aliphatic rings. The fraction of sp³-hybridized carbons (Fsp3) is 0.417. The smallest absolute Gasteiger partial charge is 0.250 e. The normalized spacial score (nSPS) is 18.5. The van der Waals surface area contributed by atoms with Gasteiger partial charge < -0.3 is 10.1 Å². The van der Waals surface area contributed by atoms with Crippen LogP contribution in [-0.2, 0) is 7.05 Å². The number of ether oxygens (including phenoxy) is 1. The Labute approximate surface area is 191 Å². The van der Waals surface area contributed by atoms with Crippen LogP contribution in [0.5, 0.6) is 5.88 Å². The molecule has 0 atom stereocenters. The number of nitrogens with one attached hydrogen (secondary N) is 1. The molecule has 0 radical (unpaired) electrons. The summed E-state index contributed by atoms with van der Waals surface area (Å²) in [6.45, 7) is 4.57. The van der Waals surface area contributed by atoms with Crippen LogP contribution in [-0.4, -0.2) is 42.2 Å². The number of hydrogen-bond donors (Lipinski definition) is 1. The standard InChI is InChI=1S/C24H28FN7O/c1-4-26-21-11-20-19(13-28-21)23(16-12-29-31(3)14-16)30-32(20)17-5-7-18(8-6-17)33-24-22(25)15(2)9-10-27-24/h9-14,17-18H,4-8H2,1-3H3,(H,26,28)/t17-,18+. The molecule has 0 saturated heterocycles. The second kappa shape index (κ2) is 8.80. The summed E-state index contributed by atoms with van der Waals surface area (Å²) >= 11 is 0. The average molecular weight is 450 g/mol. The van der Waals surface area contributed by atoms with Gasteiger partial charge in [0.05, 0.1) is 17.8 Å². The van der Waals surface area contributed by atoms with Crippen LogP contribution in [0, 0.1) is 12.7 Å². The van der Waals surface area contributed by atoms with Crippen LogP contribution in [0.3, 0.4) is 0 Å². The van der Waals surface area contributed by atoms with Crippen LogP contribution in [0.25, 0.3) is 22.2 Å². The first kappa shape index (κ1) is 21.4. The van der Waals surface area contributed by atoms with Gasteiger partial charge in [0, 0.05) is 49.2 Å². The molecular weight excluding hydrogens is 421 g/mol. The van der Waals surface area contributed by atoms with E-state index in [9.17, 15) is 4.39 Å². The van der Waals surface area contributed by atoms with Crippen LogP contribution in [0.4, 0.5) is 10.2 Å². The summed E-state index contributed by atoms with van der Waals surface area (Å²) in [4.78, 5) is 8.65. The number of aromatic nitrogens is 6. The molecule has 1 aliphatic carbocycles. The first-order valence-corrected chi connectivity index (χ1v) is 11.4. The highest BCUT2D eigenvalue weighted by Crippen LogP contribution is 2.36. The van der Waals surface area contributed by atoms with Crippen molar-refractivity contribution in [1.82, 2.24) is 29.5 Å². The molecule has 8 nitrogen and oxygen atoms in total. The van der Waals surface area contributed by atoms with Gasteiger partial charge in [-0.15, -0.1) is 0 Å². The summed E-state index contributed by atoms with van der Waals surface area (Å²) in [5.74, 6) is 0.562. The van der Waals surface area contributed by atoms with Crippen molar-refractivity contribution in [3.63, 3.8) is 0 Å². The Balaban J connectivity index is 1.41. The van der Waals surface area contributed by atoms with E-state index in [-0.39, 0.29) is 23.8 Å². The number of anilines is 1. The monoisotopic (exact) mass is 449 g/mol. The zero-order valence-electron chi connectivity index (χ0n) is 19.1. The molecule has 0 aliphatic heterocycles. The van der Waals surface area contributed by atoms with Gasteiger partial charge in [-0.2, -0.15) is 10.2 Å². The van der Waals surface area contributed by atoms with Gasteiger partial charge in [-0.3, -0.25) is 9.36 Å². The SMILES string of the molecule is CCNc1cc2c(cn1)c(-c1cnn(C)c1)nn2[C@H]1CC[C@@H](Oc2nccc(C)c2F)CC1. The molecule has 4 aromatic rings. The quantitative estimate of drug-likeness (QED) is 0.461. The van der Waals surface area contributed by atoms with Gasteiger partial charge in [0.1, 0.15) is 17.6 Å². The van der Waals surface area contributed by atoms with Crippen LogP contribution in [0.2, 0.25) is 0 Å². The molecule has 1 saturated carbocycles. The van der Waals surface area contributed by atoms with E-state index in [1.54, 1.807) is 23.9 Å². The zero-order valence-corrected chi connectivity index (χ0v) is 19.1. The van der Waals surface area contributed by atoms with Crippen molar-refractivity contribution in [2.45, 2.75) is 51.7 Å². The molecule has 0 unspecified atom stereocenters. The Hall–Kier alpha value is -3.49. The molecule has 1 N–H and O–H groups in total. The first-order valence-electron chi connectivity index (χ1n) is 11.4. The van der Waals surface area contributed by atoms with Crippen LogP contribution in [0.15, 0.2) is 36.9 Å². The molecule has 172 valence electrons. The predicted octanol–water partition coefficient (Wildman–Crippen LogP) is 4.67. The van der Waals surface area contributed by atoms with E-state index < -0.39 is 0 Å². The van der Waals surface area contributed by atoms with Gasteiger partial charge in [-0.1, -0.05) is 0 Å². The molecule has 4 aromatic heterocycles. The third kappa shape index (κ3) is 4.15. The fourth-order valence-corrected chi connectivity index (χ4v) is 4.51. The Kier molecular flexibility index (Phi) is 5.70. The molecule has 0 spiro atoms. The molecule has 0 amide bonds. The highest BCUT2D eigenvalue weighted by molar-refractivity contribution is 5.93. The summed E-state index contributed by atoms with van der Waals surface area (Å²) in [6, 6.07) is 3.95.